The fourth-order valence-corrected chi connectivity index (χ4v) is 3.37. The Morgan fingerprint density at radius 2 is 1.77 bits per heavy atom. The first kappa shape index (κ1) is 20.4. The van der Waals surface area contributed by atoms with Crippen molar-refractivity contribution in [2.75, 3.05) is 20.3 Å². The van der Waals surface area contributed by atoms with E-state index in [0.717, 1.165) is 28.4 Å². The van der Waals surface area contributed by atoms with Gasteiger partial charge in [-0.3, -0.25) is 9.78 Å². The molecule has 0 radical (unpaired) electrons. The zero-order valence-corrected chi connectivity index (χ0v) is 17.3. The highest BCUT2D eigenvalue weighted by molar-refractivity contribution is 5.92. The molecule has 0 aliphatic carbocycles. The lowest BCUT2D eigenvalue weighted by molar-refractivity contribution is 0.0949. The minimum absolute atomic E-state index is 0.189. The highest BCUT2D eigenvalue weighted by Gasteiger charge is 2.12. The number of imidazole rings is 1. The minimum atomic E-state index is -0.189. The van der Waals surface area contributed by atoms with E-state index in [0.29, 0.717) is 31.8 Å². The van der Waals surface area contributed by atoms with Crippen LogP contribution < -0.4 is 14.8 Å². The average molecular weight is 416 g/mol. The molecule has 2 heterocycles. The normalized spacial score (nSPS) is 10.7. The van der Waals surface area contributed by atoms with E-state index in [-0.39, 0.29) is 5.91 Å². The van der Waals surface area contributed by atoms with Crippen LogP contribution >= 0.6 is 0 Å². The Morgan fingerprint density at radius 3 is 2.55 bits per heavy atom. The standard InChI is InChI=1S/C24H24N4O3/c1-30-18-9-11-19(12-10-18)31-17-16-28-22-8-3-2-6-20(22)27-23(28)13-15-26-24(29)21-7-4-5-14-25-21/h2-12,14H,13,15-17H2,1H3,(H,26,29). The van der Waals surface area contributed by atoms with Crippen LogP contribution in [0.4, 0.5) is 0 Å². The predicted octanol–water partition coefficient (Wildman–Crippen LogP) is 3.49. The third kappa shape index (κ3) is 5.01. The van der Waals surface area contributed by atoms with Gasteiger partial charge in [0.2, 0.25) is 0 Å². The molecule has 0 saturated heterocycles. The molecule has 4 aromatic rings. The lowest BCUT2D eigenvalue weighted by Crippen LogP contribution is -2.27. The summed E-state index contributed by atoms with van der Waals surface area (Å²) in [6, 6.07) is 20.8. The number of hydrogen-bond acceptors (Lipinski definition) is 5. The van der Waals surface area contributed by atoms with Gasteiger partial charge >= 0.3 is 0 Å². The number of benzene rings is 2. The third-order valence-electron chi connectivity index (χ3n) is 4.91. The van der Waals surface area contributed by atoms with Crippen LogP contribution in [0.15, 0.2) is 72.9 Å². The maximum Gasteiger partial charge on any atom is 0.269 e. The highest BCUT2D eigenvalue weighted by Crippen LogP contribution is 2.19. The molecule has 7 heteroatoms. The molecular formula is C24H24N4O3. The molecule has 2 aromatic heterocycles. The van der Waals surface area contributed by atoms with E-state index < -0.39 is 0 Å². The number of carbonyl (C=O) groups excluding carboxylic acids is 1. The summed E-state index contributed by atoms with van der Waals surface area (Å²) in [5.74, 6) is 2.30. The molecule has 4 rings (SSSR count). The maximum absolute atomic E-state index is 12.2. The van der Waals surface area contributed by atoms with Gasteiger partial charge in [-0.2, -0.15) is 0 Å². The number of nitrogens with one attached hydrogen (secondary N) is 1. The van der Waals surface area contributed by atoms with Gasteiger partial charge in [-0.05, 0) is 48.5 Å². The number of para-hydroxylation sites is 2. The largest absolute Gasteiger partial charge is 0.497 e. The van der Waals surface area contributed by atoms with Crippen LogP contribution in [-0.2, 0) is 13.0 Å². The number of nitrogens with zero attached hydrogens (tertiary/aromatic N) is 3. The molecule has 0 spiro atoms. The number of ether oxygens (including phenoxy) is 2. The van der Waals surface area contributed by atoms with Crippen molar-refractivity contribution in [1.29, 1.82) is 0 Å². The number of fused-ring (bicyclic) bond motifs is 1. The summed E-state index contributed by atoms with van der Waals surface area (Å²) in [5, 5.41) is 2.91. The Labute approximate surface area is 180 Å². The van der Waals surface area contributed by atoms with Gasteiger partial charge in [-0.25, -0.2) is 4.98 Å². The van der Waals surface area contributed by atoms with E-state index in [1.54, 1.807) is 31.5 Å². The van der Waals surface area contributed by atoms with E-state index in [9.17, 15) is 4.79 Å². The number of aromatic nitrogens is 3. The van der Waals surface area contributed by atoms with Crippen LogP contribution in [0.1, 0.15) is 16.3 Å². The summed E-state index contributed by atoms with van der Waals surface area (Å²) in [7, 11) is 1.64. The van der Waals surface area contributed by atoms with Crippen molar-refractivity contribution >= 4 is 16.9 Å². The van der Waals surface area contributed by atoms with E-state index in [2.05, 4.69) is 14.9 Å². The summed E-state index contributed by atoms with van der Waals surface area (Å²) in [5.41, 5.74) is 2.38. The second kappa shape index (κ2) is 9.75. The van der Waals surface area contributed by atoms with Crippen LogP contribution in [-0.4, -0.2) is 40.7 Å². The number of carbonyl (C=O) groups is 1. The van der Waals surface area contributed by atoms with Crippen molar-refractivity contribution in [3.63, 3.8) is 0 Å². The van der Waals surface area contributed by atoms with Crippen LogP contribution in [0.5, 0.6) is 11.5 Å². The molecular weight excluding hydrogens is 392 g/mol. The first-order chi connectivity index (χ1) is 15.2. The second-order valence-corrected chi connectivity index (χ2v) is 6.91. The number of methoxy groups -OCH3 is 1. The quantitative estimate of drug-likeness (QED) is 0.452. The number of hydrogen-bond donors (Lipinski definition) is 1. The fourth-order valence-electron chi connectivity index (χ4n) is 3.37. The third-order valence-corrected chi connectivity index (χ3v) is 4.91. The molecule has 7 nitrogen and oxygen atoms in total. The fraction of sp³-hybridized carbons (Fsp3) is 0.208. The van der Waals surface area contributed by atoms with E-state index in [1.165, 1.54) is 0 Å². The van der Waals surface area contributed by atoms with Crippen LogP contribution in [0.25, 0.3) is 11.0 Å². The molecule has 1 N–H and O–H groups in total. The van der Waals surface area contributed by atoms with Crippen molar-refractivity contribution in [3.8, 4) is 11.5 Å². The van der Waals surface area contributed by atoms with Gasteiger partial charge in [0.1, 0.15) is 29.6 Å². The monoisotopic (exact) mass is 416 g/mol. The summed E-state index contributed by atoms with van der Waals surface area (Å²) in [4.78, 5) is 21.1. The van der Waals surface area contributed by atoms with Crippen molar-refractivity contribution in [2.45, 2.75) is 13.0 Å². The van der Waals surface area contributed by atoms with Gasteiger partial charge in [-0.15, -0.1) is 0 Å². The van der Waals surface area contributed by atoms with Crippen LogP contribution in [0, 0.1) is 0 Å². The SMILES string of the molecule is COc1ccc(OCCn2c(CCNC(=O)c3ccccn3)nc3ccccc32)cc1. The van der Waals surface area contributed by atoms with Crippen molar-refractivity contribution in [2.24, 2.45) is 0 Å². The van der Waals surface area contributed by atoms with Gasteiger partial charge in [0, 0.05) is 19.2 Å². The van der Waals surface area contributed by atoms with Gasteiger partial charge in [-0.1, -0.05) is 18.2 Å². The summed E-state index contributed by atoms with van der Waals surface area (Å²) >= 11 is 0. The molecule has 0 fully saturated rings. The Kier molecular flexibility index (Phi) is 6.42. The van der Waals surface area contributed by atoms with Crippen molar-refractivity contribution in [1.82, 2.24) is 19.9 Å². The molecule has 0 aliphatic rings. The lowest BCUT2D eigenvalue weighted by atomic mass is 10.3. The van der Waals surface area contributed by atoms with Crippen molar-refractivity contribution < 1.29 is 14.3 Å². The molecule has 0 bridgehead atoms. The van der Waals surface area contributed by atoms with E-state index in [4.69, 9.17) is 14.5 Å². The summed E-state index contributed by atoms with van der Waals surface area (Å²) in [6.07, 6.45) is 2.22. The zero-order valence-electron chi connectivity index (χ0n) is 17.3. The Hall–Kier alpha value is -3.87. The van der Waals surface area contributed by atoms with Crippen LogP contribution in [0.2, 0.25) is 0 Å². The Bertz CT molecular complexity index is 1140. The van der Waals surface area contributed by atoms with Gasteiger partial charge in [0.05, 0.1) is 24.7 Å². The molecule has 0 atom stereocenters. The highest BCUT2D eigenvalue weighted by atomic mass is 16.5. The van der Waals surface area contributed by atoms with E-state index in [1.807, 2.05) is 48.5 Å². The molecule has 0 saturated carbocycles. The Morgan fingerprint density at radius 1 is 1.00 bits per heavy atom. The predicted molar refractivity (Wildman–Crippen MR) is 118 cm³/mol. The van der Waals surface area contributed by atoms with Gasteiger partial charge in [0.15, 0.2) is 0 Å². The smallest absolute Gasteiger partial charge is 0.269 e. The topological polar surface area (TPSA) is 78.3 Å². The zero-order chi connectivity index (χ0) is 21.5. The molecule has 2 aromatic carbocycles. The number of rotatable bonds is 9. The number of pyridine rings is 1. The van der Waals surface area contributed by atoms with Gasteiger partial charge < -0.3 is 19.4 Å². The van der Waals surface area contributed by atoms with E-state index >= 15 is 0 Å². The second-order valence-electron chi connectivity index (χ2n) is 6.91. The molecule has 0 unspecified atom stereocenters. The Balaban J connectivity index is 1.41. The van der Waals surface area contributed by atoms with Crippen LogP contribution in [0.3, 0.4) is 0 Å². The first-order valence-electron chi connectivity index (χ1n) is 10.1. The summed E-state index contributed by atoms with van der Waals surface area (Å²) < 4.78 is 13.2. The number of amides is 1. The summed E-state index contributed by atoms with van der Waals surface area (Å²) in [6.45, 7) is 1.62. The van der Waals surface area contributed by atoms with Gasteiger partial charge in [0.25, 0.3) is 5.91 Å². The average Bonchev–Trinajstić information content (AvgIpc) is 3.17. The first-order valence-corrected chi connectivity index (χ1v) is 10.1. The minimum Gasteiger partial charge on any atom is -0.497 e. The van der Waals surface area contributed by atoms with Crippen molar-refractivity contribution in [3.05, 3.63) is 84.4 Å². The maximum atomic E-state index is 12.2. The lowest BCUT2D eigenvalue weighted by Gasteiger charge is -2.11. The molecule has 1 amide bonds. The molecule has 31 heavy (non-hydrogen) atoms. The molecule has 0 aliphatic heterocycles. The molecule has 158 valence electrons.